The van der Waals surface area contributed by atoms with Gasteiger partial charge in [0.05, 0.1) is 31.0 Å². The molecule has 1 amide bonds. The Morgan fingerprint density at radius 2 is 1.82 bits per heavy atom. The van der Waals surface area contributed by atoms with E-state index in [9.17, 15) is 4.79 Å². The van der Waals surface area contributed by atoms with Crippen LogP contribution in [0.15, 0.2) is 48.5 Å². The molecule has 1 unspecified atom stereocenters. The van der Waals surface area contributed by atoms with E-state index in [0.29, 0.717) is 29.5 Å². The Morgan fingerprint density at radius 3 is 2.52 bits per heavy atom. The van der Waals surface area contributed by atoms with Crippen LogP contribution in [0.2, 0.25) is 5.15 Å². The molecule has 0 bridgehead atoms. The summed E-state index contributed by atoms with van der Waals surface area (Å²) in [6.45, 7) is 6.88. The summed E-state index contributed by atoms with van der Waals surface area (Å²) in [6.07, 6.45) is 2.33. The van der Waals surface area contributed by atoms with Gasteiger partial charge in [0.15, 0.2) is 0 Å². The van der Waals surface area contributed by atoms with Crippen LogP contribution in [0.3, 0.4) is 0 Å². The van der Waals surface area contributed by atoms with Gasteiger partial charge in [0.1, 0.15) is 10.9 Å². The van der Waals surface area contributed by atoms with E-state index in [2.05, 4.69) is 52.6 Å². The fraction of sp³-hybridized carbons (Fsp3) is 0.385. The number of nitrogens with zero attached hydrogens (tertiary/aromatic N) is 3. The number of benzene rings is 2. The van der Waals surface area contributed by atoms with Crippen LogP contribution in [-0.2, 0) is 6.54 Å². The van der Waals surface area contributed by atoms with Gasteiger partial charge >= 0.3 is 0 Å². The second-order valence-corrected chi connectivity index (χ2v) is 8.96. The Bertz CT molecular complexity index is 1100. The molecule has 1 saturated heterocycles. The van der Waals surface area contributed by atoms with Crippen molar-refractivity contribution in [2.75, 3.05) is 26.7 Å². The third kappa shape index (κ3) is 5.23. The first-order chi connectivity index (χ1) is 16.0. The van der Waals surface area contributed by atoms with Gasteiger partial charge in [0.25, 0.3) is 5.91 Å². The molecule has 1 fully saturated rings. The van der Waals surface area contributed by atoms with Crippen molar-refractivity contribution in [3.05, 3.63) is 81.6 Å². The molecule has 3 aromatic rings. The topological polar surface area (TPSA) is 59.4 Å². The number of nitrogens with one attached hydrogen (secondary N) is 1. The highest BCUT2D eigenvalue weighted by Crippen LogP contribution is 2.31. The molecule has 1 aromatic heterocycles. The number of para-hydroxylation sites is 1. The van der Waals surface area contributed by atoms with Crippen LogP contribution < -0.4 is 10.1 Å². The van der Waals surface area contributed by atoms with E-state index >= 15 is 0 Å². The molecular weight excluding hydrogens is 436 g/mol. The summed E-state index contributed by atoms with van der Waals surface area (Å²) in [4.78, 5) is 15.6. The monoisotopic (exact) mass is 466 g/mol. The van der Waals surface area contributed by atoms with Crippen LogP contribution >= 0.6 is 11.6 Å². The van der Waals surface area contributed by atoms with Crippen LogP contribution in [0.4, 0.5) is 0 Å². The van der Waals surface area contributed by atoms with Crippen LogP contribution in [0, 0.1) is 13.8 Å². The number of methoxy groups -OCH3 is 1. The first-order valence-corrected chi connectivity index (χ1v) is 11.8. The number of rotatable bonds is 8. The molecule has 0 radical (unpaired) electrons. The number of hydrogen-bond acceptors (Lipinski definition) is 4. The van der Waals surface area contributed by atoms with Gasteiger partial charge in [-0.25, -0.2) is 4.68 Å². The average Bonchev–Trinajstić information content (AvgIpc) is 3.44. The summed E-state index contributed by atoms with van der Waals surface area (Å²) in [5.41, 5.74) is 4.43. The third-order valence-corrected chi connectivity index (χ3v) is 6.66. The summed E-state index contributed by atoms with van der Waals surface area (Å²) in [7, 11) is 1.68. The maximum Gasteiger partial charge on any atom is 0.256 e. The Hall–Kier alpha value is -2.83. The van der Waals surface area contributed by atoms with E-state index in [1.807, 2.05) is 25.1 Å². The Kier molecular flexibility index (Phi) is 7.36. The zero-order valence-electron chi connectivity index (χ0n) is 19.5. The number of halogens is 1. The maximum atomic E-state index is 13.2. The molecule has 1 N–H and O–H groups in total. The normalized spacial score (nSPS) is 14.9. The van der Waals surface area contributed by atoms with Crippen LogP contribution in [0.1, 0.15) is 51.6 Å². The molecule has 33 heavy (non-hydrogen) atoms. The second kappa shape index (κ2) is 10.4. The van der Waals surface area contributed by atoms with Crippen molar-refractivity contribution in [2.24, 2.45) is 0 Å². The van der Waals surface area contributed by atoms with Gasteiger partial charge in [-0.05, 0) is 51.4 Å². The van der Waals surface area contributed by atoms with Gasteiger partial charge in [0.2, 0.25) is 0 Å². The highest BCUT2D eigenvalue weighted by atomic mass is 35.5. The molecule has 0 saturated carbocycles. The lowest BCUT2D eigenvalue weighted by molar-refractivity contribution is 0.0937. The smallest absolute Gasteiger partial charge is 0.256 e. The largest absolute Gasteiger partial charge is 0.496 e. The predicted octanol–water partition coefficient (Wildman–Crippen LogP) is 4.78. The Labute approximate surface area is 200 Å². The second-order valence-electron chi connectivity index (χ2n) is 8.61. The van der Waals surface area contributed by atoms with Crippen molar-refractivity contribution in [3.63, 3.8) is 0 Å². The summed E-state index contributed by atoms with van der Waals surface area (Å²) in [5.74, 6) is 0.635. The minimum Gasteiger partial charge on any atom is -0.496 e. The standard InChI is InChI=1S/C26H31ClN4O2/c1-18-10-12-20(13-11-18)17-31-25(27)24(19(2)29-31)26(32)28-16-22(30-14-6-7-15-30)21-8-4-5-9-23(21)33-3/h4-5,8-13,22H,6-7,14-17H2,1-3H3,(H,28,32). The average molecular weight is 467 g/mol. The molecular formula is C26H31ClN4O2. The number of ether oxygens (including phenoxy) is 1. The van der Waals surface area contributed by atoms with Crippen molar-refractivity contribution in [2.45, 2.75) is 39.3 Å². The lowest BCUT2D eigenvalue weighted by Crippen LogP contribution is -2.37. The molecule has 7 heteroatoms. The predicted molar refractivity (Wildman–Crippen MR) is 131 cm³/mol. The quantitative estimate of drug-likeness (QED) is 0.519. The van der Waals surface area contributed by atoms with Crippen molar-refractivity contribution < 1.29 is 9.53 Å². The maximum absolute atomic E-state index is 13.2. The third-order valence-electron chi connectivity index (χ3n) is 6.28. The van der Waals surface area contributed by atoms with E-state index in [1.54, 1.807) is 11.8 Å². The summed E-state index contributed by atoms with van der Waals surface area (Å²) >= 11 is 6.62. The van der Waals surface area contributed by atoms with Gasteiger partial charge in [-0.3, -0.25) is 9.69 Å². The first-order valence-electron chi connectivity index (χ1n) is 11.4. The Morgan fingerprint density at radius 1 is 1.12 bits per heavy atom. The van der Waals surface area contributed by atoms with E-state index in [-0.39, 0.29) is 11.9 Å². The fourth-order valence-electron chi connectivity index (χ4n) is 4.49. The number of carbonyl (C=O) groups is 1. The zero-order chi connectivity index (χ0) is 23.4. The minimum atomic E-state index is -0.202. The van der Waals surface area contributed by atoms with Gasteiger partial charge in [-0.15, -0.1) is 0 Å². The molecule has 174 valence electrons. The van der Waals surface area contributed by atoms with Gasteiger partial charge < -0.3 is 10.1 Å². The molecule has 1 atom stereocenters. The molecule has 0 spiro atoms. The van der Waals surface area contributed by atoms with Crippen molar-refractivity contribution >= 4 is 17.5 Å². The van der Waals surface area contributed by atoms with Crippen molar-refractivity contribution in [3.8, 4) is 5.75 Å². The molecule has 1 aliphatic heterocycles. The molecule has 4 rings (SSSR count). The lowest BCUT2D eigenvalue weighted by Gasteiger charge is -2.29. The van der Waals surface area contributed by atoms with Crippen LogP contribution in [0.5, 0.6) is 5.75 Å². The number of carbonyl (C=O) groups excluding carboxylic acids is 1. The van der Waals surface area contributed by atoms with Crippen molar-refractivity contribution in [1.82, 2.24) is 20.0 Å². The number of aryl methyl sites for hydroxylation is 2. The fourth-order valence-corrected chi connectivity index (χ4v) is 4.81. The van der Waals surface area contributed by atoms with Gasteiger partial charge in [-0.2, -0.15) is 5.10 Å². The van der Waals surface area contributed by atoms with E-state index in [1.165, 1.54) is 5.56 Å². The van der Waals surface area contributed by atoms with E-state index < -0.39 is 0 Å². The number of aromatic nitrogens is 2. The summed E-state index contributed by atoms with van der Waals surface area (Å²) in [6, 6.07) is 16.3. The minimum absolute atomic E-state index is 0.0364. The van der Waals surface area contributed by atoms with Crippen LogP contribution in [-0.4, -0.2) is 47.3 Å². The molecule has 2 heterocycles. The highest BCUT2D eigenvalue weighted by molar-refractivity contribution is 6.33. The lowest BCUT2D eigenvalue weighted by atomic mass is 10.0. The van der Waals surface area contributed by atoms with E-state index in [0.717, 1.165) is 42.8 Å². The number of likely N-dealkylation sites (tertiary alicyclic amines) is 1. The van der Waals surface area contributed by atoms with Gasteiger partial charge in [0, 0.05) is 12.1 Å². The zero-order valence-corrected chi connectivity index (χ0v) is 20.2. The highest BCUT2D eigenvalue weighted by Gasteiger charge is 2.28. The van der Waals surface area contributed by atoms with Crippen molar-refractivity contribution in [1.29, 1.82) is 0 Å². The number of hydrogen-bond donors (Lipinski definition) is 1. The van der Waals surface area contributed by atoms with Gasteiger partial charge in [-0.1, -0.05) is 59.6 Å². The molecule has 6 nitrogen and oxygen atoms in total. The van der Waals surface area contributed by atoms with Crippen LogP contribution in [0.25, 0.3) is 0 Å². The summed E-state index contributed by atoms with van der Waals surface area (Å²) in [5, 5.41) is 8.01. The molecule has 2 aromatic carbocycles. The first kappa shape index (κ1) is 23.3. The number of amides is 1. The summed E-state index contributed by atoms with van der Waals surface area (Å²) < 4.78 is 7.30. The molecule has 1 aliphatic rings. The Balaban J connectivity index is 1.52. The van der Waals surface area contributed by atoms with E-state index in [4.69, 9.17) is 16.3 Å². The molecule has 0 aliphatic carbocycles. The SMILES string of the molecule is COc1ccccc1C(CNC(=O)c1c(C)nn(Cc2ccc(C)cc2)c1Cl)N1CCCC1.